The molecule has 0 saturated carbocycles. The fourth-order valence-electron chi connectivity index (χ4n) is 3.75. The van der Waals surface area contributed by atoms with Crippen LogP contribution < -0.4 is 10.8 Å². The molecule has 0 spiro atoms. The second-order valence-corrected chi connectivity index (χ2v) is 7.39. The molecule has 0 bridgehead atoms. The molecule has 0 N–H and O–H groups in total. The summed E-state index contributed by atoms with van der Waals surface area (Å²) in [6, 6.07) is 4.68. The SMILES string of the molecule is Bc1cc(C2=C(C)CCc3nn(C)cc32)cc(P)c1C(C)C. The Balaban J connectivity index is 2.18. The maximum atomic E-state index is 4.63. The summed E-state index contributed by atoms with van der Waals surface area (Å²) in [5, 5.41) is 5.95. The van der Waals surface area contributed by atoms with Gasteiger partial charge in [0.15, 0.2) is 0 Å². The predicted molar refractivity (Wildman–Crippen MR) is 101 cm³/mol. The predicted octanol–water partition coefficient (Wildman–Crippen LogP) is 2.07. The van der Waals surface area contributed by atoms with Crippen LogP contribution in [0.25, 0.3) is 5.57 Å². The van der Waals surface area contributed by atoms with Crippen molar-refractivity contribution in [1.82, 2.24) is 9.78 Å². The number of hydrogen-bond acceptors (Lipinski definition) is 1. The molecule has 0 aliphatic heterocycles. The molecule has 0 fully saturated rings. The van der Waals surface area contributed by atoms with Gasteiger partial charge in [0, 0.05) is 18.8 Å². The van der Waals surface area contributed by atoms with E-state index >= 15 is 0 Å². The van der Waals surface area contributed by atoms with Crippen molar-refractivity contribution in [2.45, 2.75) is 39.5 Å². The summed E-state index contributed by atoms with van der Waals surface area (Å²) in [6.45, 7) is 6.79. The first-order valence-electron chi connectivity index (χ1n) is 8.01. The number of benzene rings is 1. The van der Waals surface area contributed by atoms with Gasteiger partial charge in [-0.05, 0) is 53.8 Å². The van der Waals surface area contributed by atoms with Crippen LogP contribution in [-0.4, -0.2) is 17.6 Å². The third-order valence-corrected chi connectivity index (χ3v) is 5.10. The van der Waals surface area contributed by atoms with Crippen molar-refractivity contribution in [2.75, 3.05) is 0 Å². The fourth-order valence-corrected chi connectivity index (χ4v) is 4.49. The van der Waals surface area contributed by atoms with Crippen LogP contribution in [0.3, 0.4) is 0 Å². The Bertz CT molecular complexity index is 748. The van der Waals surface area contributed by atoms with E-state index in [0.717, 1.165) is 12.8 Å². The molecule has 0 saturated heterocycles. The molecule has 1 aliphatic carbocycles. The lowest BCUT2D eigenvalue weighted by atomic mass is 9.80. The van der Waals surface area contributed by atoms with Crippen LogP contribution in [-0.2, 0) is 13.5 Å². The van der Waals surface area contributed by atoms with Gasteiger partial charge in [-0.25, -0.2) is 0 Å². The molecule has 0 amide bonds. The monoisotopic (exact) mass is 310 g/mol. The molecule has 1 aliphatic rings. The Morgan fingerprint density at radius 3 is 2.64 bits per heavy atom. The Labute approximate surface area is 136 Å². The summed E-state index contributed by atoms with van der Waals surface area (Å²) in [5.74, 6) is 0.553. The van der Waals surface area contributed by atoms with E-state index in [1.165, 1.54) is 44.3 Å². The first kappa shape index (κ1) is 15.6. The Hall–Kier alpha value is -1.34. The smallest absolute Gasteiger partial charge is 0.139 e. The zero-order valence-corrected chi connectivity index (χ0v) is 15.4. The van der Waals surface area contributed by atoms with Gasteiger partial charge in [-0.1, -0.05) is 30.9 Å². The fraction of sp³-hybridized carbons (Fsp3) is 0.389. The summed E-state index contributed by atoms with van der Waals surface area (Å²) < 4.78 is 1.94. The van der Waals surface area contributed by atoms with Gasteiger partial charge in [0.1, 0.15) is 7.85 Å². The lowest BCUT2D eigenvalue weighted by molar-refractivity contribution is 0.735. The topological polar surface area (TPSA) is 17.8 Å². The van der Waals surface area contributed by atoms with Gasteiger partial charge in [0.05, 0.1) is 5.69 Å². The highest BCUT2D eigenvalue weighted by Crippen LogP contribution is 2.35. The van der Waals surface area contributed by atoms with E-state index in [1.54, 1.807) is 0 Å². The van der Waals surface area contributed by atoms with Crippen molar-refractivity contribution < 1.29 is 0 Å². The van der Waals surface area contributed by atoms with Gasteiger partial charge in [-0.15, -0.1) is 9.24 Å². The normalized spacial score (nSPS) is 14.6. The van der Waals surface area contributed by atoms with Crippen LogP contribution in [0.15, 0.2) is 23.9 Å². The Morgan fingerprint density at radius 2 is 2.00 bits per heavy atom. The van der Waals surface area contributed by atoms with Gasteiger partial charge in [-0.2, -0.15) is 5.10 Å². The lowest BCUT2D eigenvalue weighted by Crippen LogP contribution is -2.21. The lowest BCUT2D eigenvalue weighted by Gasteiger charge is -2.21. The van der Waals surface area contributed by atoms with Gasteiger partial charge in [-0.3, -0.25) is 4.68 Å². The molecule has 22 heavy (non-hydrogen) atoms. The molecule has 1 atom stereocenters. The molecule has 4 heteroatoms. The van der Waals surface area contributed by atoms with Gasteiger partial charge >= 0.3 is 0 Å². The molecule has 0 radical (unpaired) electrons. The number of allylic oxidation sites excluding steroid dienone is 1. The minimum absolute atomic E-state index is 0.553. The highest BCUT2D eigenvalue weighted by Gasteiger charge is 2.22. The molecular formula is C18H24BN2P. The van der Waals surface area contributed by atoms with Crippen molar-refractivity contribution in [2.24, 2.45) is 7.05 Å². The summed E-state index contributed by atoms with van der Waals surface area (Å²) in [5.41, 5.74) is 9.57. The van der Waals surface area contributed by atoms with Crippen LogP contribution in [0.4, 0.5) is 0 Å². The van der Waals surface area contributed by atoms with Crippen molar-refractivity contribution >= 4 is 33.4 Å². The minimum atomic E-state index is 0.553. The summed E-state index contributed by atoms with van der Waals surface area (Å²) in [7, 11) is 7.17. The summed E-state index contributed by atoms with van der Waals surface area (Å²) in [4.78, 5) is 0. The van der Waals surface area contributed by atoms with Gasteiger partial charge in [0.2, 0.25) is 0 Å². The van der Waals surface area contributed by atoms with Crippen LogP contribution >= 0.6 is 9.24 Å². The molecule has 1 aromatic heterocycles. The van der Waals surface area contributed by atoms with E-state index in [2.05, 4.69) is 61.3 Å². The summed E-state index contributed by atoms with van der Waals surface area (Å²) in [6.07, 6.45) is 4.33. The molecule has 2 nitrogen and oxygen atoms in total. The Kier molecular flexibility index (Phi) is 4.03. The highest BCUT2D eigenvalue weighted by atomic mass is 31.0. The van der Waals surface area contributed by atoms with Crippen molar-refractivity contribution in [1.29, 1.82) is 0 Å². The number of aromatic nitrogens is 2. The van der Waals surface area contributed by atoms with Crippen LogP contribution in [0.2, 0.25) is 0 Å². The van der Waals surface area contributed by atoms with Crippen molar-refractivity contribution in [3.8, 4) is 0 Å². The van der Waals surface area contributed by atoms with E-state index in [0.29, 0.717) is 5.92 Å². The quantitative estimate of drug-likeness (QED) is 0.613. The van der Waals surface area contributed by atoms with E-state index in [-0.39, 0.29) is 0 Å². The second-order valence-electron chi connectivity index (χ2n) is 6.77. The van der Waals surface area contributed by atoms with Crippen LogP contribution in [0.5, 0.6) is 0 Å². The van der Waals surface area contributed by atoms with Crippen LogP contribution in [0.1, 0.15) is 55.5 Å². The van der Waals surface area contributed by atoms with E-state index < -0.39 is 0 Å². The van der Waals surface area contributed by atoms with Gasteiger partial charge < -0.3 is 0 Å². The maximum Gasteiger partial charge on any atom is 0.139 e. The van der Waals surface area contributed by atoms with E-state index in [9.17, 15) is 0 Å². The number of hydrogen-bond donors (Lipinski definition) is 0. The minimum Gasteiger partial charge on any atom is -0.275 e. The molecule has 1 aromatic carbocycles. The molecule has 1 unspecified atom stereocenters. The highest BCUT2D eigenvalue weighted by molar-refractivity contribution is 7.27. The summed E-state index contributed by atoms with van der Waals surface area (Å²) >= 11 is 0. The molecule has 2 aromatic rings. The van der Waals surface area contributed by atoms with E-state index in [4.69, 9.17) is 0 Å². The van der Waals surface area contributed by atoms with Crippen molar-refractivity contribution in [3.05, 3.63) is 46.3 Å². The molecule has 114 valence electrons. The first-order chi connectivity index (χ1) is 10.4. The second kappa shape index (κ2) is 5.70. The van der Waals surface area contributed by atoms with Crippen molar-refractivity contribution in [3.63, 3.8) is 0 Å². The van der Waals surface area contributed by atoms with Gasteiger partial charge in [0.25, 0.3) is 0 Å². The molecule has 1 heterocycles. The molecule has 3 rings (SSSR count). The van der Waals surface area contributed by atoms with E-state index in [1.807, 2.05) is 11.7 Å². The standard InChI is InChI=1S/C18H24BN2P/c1-10(2)17-14(19)7-12(8-16(17)22)18-11(3)5-6-15-13(18)9-21(4)20-15/h7-10H,5-6,19,22H2,1-4H3. The average molecular weight is 310 g/mol. The molecular weight excluding hydrogens is 286 g/mol. The number of rotatable bonds is 2. The third kappa shape index (κ3) is 2.56. The maximum absolute atomic E-state index is 4.63. The van der Waals surface area contributed by atoms with Crippen LogP contribution in [0, 0.1) is 0 Å². The third-order valence-electron chi connectivity index (χ3n) is 4.62. The number of fused-ring (bicyclic) bond motifs is 1. The average Bonchev–Trinajstić information content (AvgIpc) is 2.77. The largest absolute Gasteiger partial charge is 0.275 e. The Morgan fingerprint density at radius 1 is 1.27 bits per heavy atom. The zero-order valence-electron chi connectivity index (χ0n) is 14.2. The number of nitrogens with zero attached hydrogens (tertiary/aromatic N) is 2. The zero-order chi connectivity index (χ0) is 16.0. The number of aryl methyl sites for hydroxylation is 2. The first-order valence-corrected chi connectivity index (χ1v) is 8.59.